The number of nitrogens with zero attached hydrogens (tertiary/aromatic N) is 1. The van der Waals surface area contributed by atoms with Gasteiger partial charge in [0, 0.05) is 13.1 Å². The summed E-state index contributed by atoms with van der Waals surface area (Å²) in [7, 11) is 3.78. The van der Waals surface area contributed by atoms with Gasteiger partial charge in [0.25, 0.3) is 0 Å². The molecule has 5 heteroatoms. The zero-order valence-electron chi connectivity index (χ0n) is 10.1. The molecule has 0 rings (SSSR count). The van der Waals surface area contributed by atoms with Crippen LogP contribution in [0.2, 0.25) is 0 Å². The van der Waals surface area contributed by atoms with Crippen molar-refractivity contribution < 1.29 is 9.90 Å². The number of primary amides is 1. The Morgan fingerprint density at radius 1 is 1.60 bits per heavy atom. The fourth-order valence-electron chi connectivity index (χ4n) is 1.53. The van der Waals surface area contributed by atoms with Crippen LogP contribution in [0.1, 0.15) is 20.3 Å². The van der Waals surface area contributed by atoms with Crippen LogP contribution in [0, 0.1) is 0 Å². The molecule has 0 aromatic heterocycles. The summed E-state index contributed by atoms with van der Waals surface area (Å²) >= 11 is 0. The molecule has 0 fully saturated rings. The molecule has 5 nitrogen and oxygen atoms in total. The Kier molecular flexibility index (Phi) is 5.79. The molecular formula is C10H23N3O2. The van der Waals surface area contributed by atoms with Crippen molar-refractivity contribution in [2.75, 3.05) is 27.2 Å². The van der Waals surface area contributed by atoms with E-state index in [9.17, 15) is 9.90 Å². The predicted octanol–water partition coefficient (Wildman–Crippen LogP) is -0.847. The van der Waals surface area contributed by atoms with Crippen LogP contribution in [0.25, 0.3) is 0 Å². The van der Waals surface area contributed by atoms with Gasteiger partial charge in [-0.2, -0.15) is 0 Å². The topological polar surface area (TPSA) is 78.6 Å². The highest BCUT2D eigenvalue weighted by Gasteiger charge is 2.23. The van der Waals surface area contributed by atoms with Crippen molar-refractivity contribution in [1.29, 1.82) is 0 Å². The highest BCUT2D eigenvalue weighted by atomic mass is 16.3. The summed E-state index contributed by atoms with van der Waals surface area (Å²) in [4.78, 5) is 12.8. The van der Waals surface area contributed by atoms with Crippen LogP contribution in [0.3, 0.4) is 0 Å². The van der Waals surface area contributed by atoms with E-state index in [0.29, 0.717) is 19.5 Å². The van der Waals surface area contributed by atoms with E-state index in [4.69, 9.17) is 5.73 Å². The van der Waals surface area contributed by atoms with E-state index >= 15 is 0 Å². The number of hydrogen-bond acceptors (Lipinski definition) is 4. The standard InChI is InChI=1S/C10H23N3O2/c1-5-8(9(11)14)12-6-10(2,15)7-13(3)4/h8,12,15H,5-7H2,1-4H3,(H2,11,14). The average molecular weight is 217 g/mol. The number of rotatable bonds is 7. The van der Waals surface area contributed by atoms with Gasteiger partial charge in [-0.25, -0.2) is 0 Å². The molecule has 2 atom stereocenters. The lowest BCUT2D eigenvalue weighted by Gasteiger charge is -2.28. The third kappa shape index (κ3) is 6.43. The first-order valence-electron chi connectivity index (χ1n) is 5.18. The Balaban J connectivity index is 4.06. The molecule has 0 aliphatic heterocycles. The zero-order chi connectivity index (χ0) is 12.1. The molecule has 0 aliphatic rings. The second-order valence-corrected chi connectivity index (χ2v) is 4.48. The molecule has 0 aromatic rings. The molecule has 0 aliphatic carbocycles. The van der Waals surface area contributed by atoms with Crippen molar-refractivity contribution in [3.8, 4) is 0 Å². The Bertz CT molecular complexity index is 205. The van der Waals surface area contributed by atoms with Crippen LogP contribution in [0.5, 0.6) is 0 Å². The van der Waals surface area contributed by atoms with Crippen molar-refractivity contribution in [1.82, 2.24) is 10.2 Å². The number of carbonyl (C=O) groups is 1. The molecule has 4 N–H and O–H groups in total. The molecule has 90 valence electrons. The van der Waals surface area contributed by atoms with Crippen molar-refractivity contribution in [3.63, 3.8) is 0 Å². The molecule has 0 heterocycles. The maximum atomic E-state index is 10.9. The second kappa shape index (κ2) is 6.05. The molecule has 1 amide bonds. The fraction of sp³-hybridized carbons (Fsp3) is 0.900. The van der Waals surface area contributed by atoms with Gasteiger partial charge in [0.1, 0.15) is 0 Å². The molecule has 0 saturated heterocycles. The molecule has 0 bridgehead atoms. The van der Waals surface area contributed by atoms with Gasteiger partial charge in [-0.1, -0.05) is 6.92 Å². The molecule has 0 aromatic carbocycles. The van der Waals surface area contributed by atoms with E-state index < -0.39 is 5.60 Å². The maximum absolute atomic E-state index is 10.9. The zero-order valence-corrected chi connectivity index (χ0v) is 10.1. The van der Waals surface area contributed by atoms with Gasteiger partial charge in [-0.15, -0.1) is 0 Å². The Morgan fingerprint density at radius 2 is 2.13 bits per heavy atom. The van der Waals surface area contributed by atoms with Gasteiger partial charge in [0.05, 0.1) is 11.6 Å². The summed E-state index contributed by atoms with van der Waals surface area (Å²) < 4.78 is 0. The molecule has 2 unspecified atom stereocenters. The highest BCUT2D eigenvalue weighted by Crippen LogP contribution is 2.03. The summed E-state index contributed by atoms with van der Waals surface area (Å²) in [5.74, 6) is -0.377. The number of nitrogens with one attached hydrogen (secondary N) is 1. The first kappa shape index (κ1) is 14.3. The van der Waals surface area contributed by atoms with Crippen molar-refractivity contribution in [3.05, 3.63) is 0 Å². The van der Waals surface area contributed by atoms with Crippen LogP contribution in [-0.2, 0) is 4.79 Å². The quantitative estimate of drug-likeness (QED) is 0.519. The van der Waals surface area contributed by atoms with E-state index in [-0.39, 0.29) is 11.9 Å². The summed E-state index contributed by atoms with van der Waals surface area (Å²) in [6.07, 6.45) is 0.632. The van der Waals surface area contributed by atoms with Crippen molar-refractivity contribution >= 4 is 5.91 Å². The number of likely N-dealkylation sites (N-methyl/N-ethyl adjacent to an activating group) is 1. The largest absolute Gasteiger partial charge is 0.388 e. The Hall–Kier alpha value is -0.650. The third-order valence-corrected chi connectivity index (χ3v) is 2.14. The Morgan fingerprint density at radius 3 is 2.47 bits per heavy atom. The number of amides is 1. The average Bonchev–Trinajstić information content (AvgIpc) is 2.01. The predicted molar refractivity (Wildman–Crippen MR) is 60.5 cm³/mol. The van der Waals surface area contributed by atoms with Gasteiger partial charge in [0.15, 0.2) is 0 Å². The third-order valence-electron chi connectivity index (χ3n) is 2.14. The lowest BCUT2D eigenvalue weighted by molar-refractivity contribution is -0.120. The maximum Gasteiger partial charge on any atom is 0.234 e. The Labute approximate surface area is 91.6 Å². The minimum Gasteiger partial charge on any atom is -0.388 e. The fourth-order valence-corrected chi connectivity index (χ4v) is 1.53. The smallest absolute Gasteiger partial charge is 0.234 e. The lowest BCUT2D eigenvalue weighted by Crippen LogP contribution is -2.51. The SMILES string of the molecule is CCC(NCC(C)(O)CN(C)C)C(N)=O. The summed E-state index contributed by atoms with van der Waals surface area (Å²) in [6, 6.07) is -0.362. The number of aliphatic hydroxyl groups is 1. The normalized spacial score (nSPS) is 17.5. The van der Waals surface area contributed by atoms with Crippen LogP contribution >= 0.6 is 0 Å². The molecule has 15 heavy (non-hydrogen) atoms. The molecule has 0 radical (unpaired) electrons. The van der Waals surface area contributed by atoms with Crippen molar-refractivity contribution in [2.24, 2.45) is 5.73 Å². The number of nitrogens with two attached hydrogens (primary N) is 1. The molecular weight excluding hydrogens is 194 g/mol. The van der Waals surface area contributed by atoms with Crippen LogP contribution < -0.4 is 11.1 Å². The summed E-state index contributed by atoms with van der Waals surface area (Å²) in [5.41, 5.74) is 4.33. The van der Waals surface area contributed by atoms with E-state index in [1.807, 2.05) is 25.9 Å². The van der Waals surface area contributed by atoms with E-state index in [2.05, 4.69) is 5.32 Å². The minimum absolute atomic E-state index is 0.354. The highest BCUT2D eigenvalue weighted by molar-refractivity contribution is 5.79. The summed E-state index contributed by atoms with van der Waals surface area (Å²) in [6.45, 7) is 4.50. The van der Waals surface area contributed by atoms with Gasteiger partial charge in [-0.05, 0) is 27.4 Å². The van der Waals surface area contributed by atoms with Gasteiger partial charge in [-0.3, -0.25) is 4.79 Å². The first-order chi connectivity index (χ1) is 6.78. The molecule has 0 spiro atoms. The van der Waals surface area contributed by atoms with Crippen LogP contribution in [0.4, 0.5) is 0 Å². The van der Waals surface area contributed by atoms with Crippen LogP contribution in [0.15, 0.2) is 0 Å². The van der Waals surface area contributed by atoms with E-state index in [1.165, 1.54) is 0 Å². The van der Waals surface area contributed by atoms with Gasteiger partial charge >= 0.3 is 0 Å². The monoisotopic (exact) mass is 217 g/mol. The number of hydrogen-bond donors (Lipinski definition) is 3. The summed E-state index contributed by atoms with van der Waals surface area (Å²) in [5, 5.41) is 12.9. The molecule has 0 saturated carbocycles. The lowest BCUT2D eigenvalue weighted by atomic mass is 10.1. The number of carbonyl (C=O) groups excluding carboxylic acids is 1. The van der Waals surface area contributed by atoms with E-state index in [1.54, 1.807) is 6.92 Å². The van der Waals surface area contributed by atoms with Gasteiger partial charge < -0.3 is 21.1 Å². The first-order valence-corrected chi connectivity index (χ1v) is 5.18. The van der Waals surface area contributed by atoms with Crippen LogP contribution in [-0.4, -0.2) is 54.7 Å². The van der Waals surface area contributed by atoms with E-state index in [0.717, 1.165) is 0 Å². The second-order valence-electron chi connectivity index (χ2n) is 4.48. The van der Waals surface area contributed by atoms with Crippen molar-refractivity contribution in [2.45, 2.75) is 31.9 Å². The minimum atomic E-state index is -0.855. The van der Waals surface area contributed by atoms with Gasteiger partial charge in [0.2, 0.25) is 5.91 Å².